The molecule has 0 saturated heterocycles. The second-order valence-corrected chi connectivity index (χ2v) is 7.66. The van der Waals surface area contributed by atoms with Crippen LogP contribution >= 0.6 is 11.3 Å². The summed E-state index contributed by atoms with van der Waals surface area (Å²) in [5.74, 6) is -0.0750. The minimum absolute atomic E-state index is 0.0750. The van der Waals surface area contributed by atoms with Gasteiger partial charge in [0.05, 0.1) is 18.1 Å². The van der Waals surface area contributed by atoms with Gasteiger partial charge in [-0.15, -0.1) is 0 Å². The molecule has 0 spiro atoms. The van der Waals surface area contributed by atoms with Crippen LogP contribution in [0.5, 0.6) is 0 Å². The zero-order valence-electron chi connectivity index (χ0n) is 14.3. The molecule has 1 saturated carbocycles. The van der Waals surface area contributed by atoms with Crippen molar-refractivity contribution in [3.8, 4) is 0 Å². The van der Waals surface area contributed by atoms with Crippen LogP contribution in [0.15, 0.2) is 57.5 Å². The molecule has 1 fully saturated rings. The van der Waals surface area contributed by atoms with Gasteiger partial charge >= 0.3 is 0 Å². The molecular weight excluding hydrogens is 346 g/mol. The molecule has 0 radical (unpaired) electrons. The molecule has 4 rings (SSSR count). The van der Waals surface area contributed by atoms with Crippen LogP contribution in [0, 0.1) is 5.41 Å². The highest BCUT2D eigenvalue weighted by molar-refractivity contribution is 7.08. The molecule has 2 heterocycles. The molecule has 6 nitrogen and oxygen atoms in total. The molecule has 1 aromatic heterocycles. The fraction of sp³-hybridized carbons (Fsp3) is 0.368. The Hall–Kier alpha value is -2.54. The van der Waals surface area contributed by atoms with Gasteiger partial charge in [0.2, 0.25) is 0 Å². The maximum atomic E-state index is 12.6. The van der Waals surface area contributed by atoms with E-state index >= 15 is 0 Å². The van der Waals surface area contributed by atoms with Gasteiger partial charge in [-0.3, -0.25) is 9.80 Å². The SMILES string of the molecule is N=CC1(N2CC(C(Cc3ccccc3)NC(=O)c3ccsc3)N=N2)CC1. The van der Waals surface area contributed by atoms with Gasteiger partial charge in [-0.2, -0.15) is 16.5 Å². The zero-order valence-corrected chi connectivity index (χ0v) is 15.2. The van der Waals surface area contributed by atoms with E-state index in [2.05, 4.69) is 27.8 Å². The Balaban J connectivity index is 1.50. The number of rotatable bonds is 7. The van der Waals surface area contributed by atoms with Crippen LogP contribution in [0.3, 0.4) is 0 Å². The van der Waals surface area contributed by atoms with Crippen molar-refractivity contribution in [3.63, 3.8) is 0 Å². The summed E-state index contributed by atoms with van der Waals surface area (Å²) < 4.78 is 0. The number of nitrogens with one attached hydrogen (secondary N) is 2. The number of hydrogen-bond donors (Lipinski definition) is 2. The Morgan fingerprint density at radius 3 is 2.85 bits per heavy atom. The van der Waals surface area contributed by atoms with Gasteiger partial charge in [0.15, 0.2) is 0 Å². The fourth-order valence-electron chi connectivity index (χ4n) is 3.26. The maximum absolute atomic E-state index is 12.6. The summed E-state index contributed by atoms with van der Waals surface area (Å²) in [5, 5.41) is 25.2. The van der Waals surface area contributed by atoms with Gasteiger partial charge in [0.1, 0.15) is 6.04 Å². The van der Waals surface area contributed by atoms with E-state index in [0.717, 1.165) is 18.4 Å². The number of hydrogen-bond acceptors (Lipinski definition) is 6. The molecule has 2 unspecified atom stereocenters. The van der Waals surface area contributed by atoms with Crippen LogP contribution in [0.1, 0.15) is 28.8 Å². The normalized spacial score (nSPS) is 21.4. The number of carbonyl (C=O) groups is 1. The summed E-state index contributed by atoms with van der Waals surface area (Å²) in [6.07, 6.45) is 4.08. The molecule has 134 valence electrons. The minimum Gasteiger partial charge on any atom is -0.347 e. The van der Waals surface area contributed by atoms with E-state index in [1.807, 2.05) is 40.0 Å². The summed E-state index contributed by atoms with van der Waals surface area (Å²) in [7, 11) is 0. The monoisotopic (exact) mass is 367 g/mol. The zero-order chi connectivity index (χ0) is 18.0. The molecule has 1 aliphatic heterocycles. The minimum atomic E-state index is -0.243. The number of benzene rings is 1. The Labute approximate surface area is 156 Å². The van der Waals surface area contributed by atoms with Crippen molar-refractivity contribution in [1.29, 1.82) is 5.41 Å². The van der Waals surface area contributed by atoms with Crippen LogP contribution < -0.4 is 5.32 Å². The Morgan fingerprint density at radius 1 is 1.38 bits per heavy atom. The van der Waals surface area contributed by atoms with Crippen molar-refractivity contribution in [1.82, 2.24) is 10.3 Å². The van der Waals surface area contributed by atoms with Crippen molar-refractivity contribution < 1.29 is 4.79 Å². The summed E-state index contributed by atoms with van der Waals surface area (Å²) in [6.45, 7) is 0.636. The second kappa shape index (κ2) is 6.99. The topological polar surface area (TPSA) is 80.9 Å². The summed E-state index contributed by atoms with van der Waals surface area (Å²) in [6, 6.07) is 11.7. The lowest BCUT2D eigenvalue weighted by Gasteiger charge is -2.25. The maximum Gasteiger partial charge on any atom is 0.252 e. The molecule has 2 atom stereocenters. The smallest absolute Gasteiger partial charge is 0.252 e. The third-order valence-corrected chi connectivity index (χ3v) is 5.76. The van der Waals surface area contributed by atoms with E-state index in [0.29, 0.717) is 18.5 Å². The van der Waals surface area contributed by atoms with Crippen molar-refractivity contribution in [2.45, 2.75) is 36.9 Å². The Morgan fingerprint density at radius 2 is 2.19 bits per heavy atom. The van der Waals surface area contributed by atoms with E-state index in [4.69, 9.17) is 5.41 Å². The highest BCUT2D eigenvalue weighted by atomic mass is 32.1. The molecule has 2 N–H and O–H groups in total. The molecular formula is C19H21N5OS. The van der Waals surface area contributed by atoms with Crippen molar-refractivity contribution in [2.75, 3.05) is 6.54 Å². The number of nitrogens with zero attached hydrogens (tertiary/aromatic N) is 3. The van der Waals surface area contributed by atoms with Gasteiger partial charge in [-0.25, -0.2) is 0 Å². The first-order valence-corrected chi connectivity index (χ1v) is 9.71. The lowest BCUT2D eigenvalue weighted by atomic mass is 9.99. The van der Waals surface area contributed by atoms with Crippen LogP contribution in [0.2, 0.25) is 0 Å². The van der Waals surface area contributed by atoms with E-state index in [9.17, 15) is 4.79 Å². The van der Waals surface area contributed by atoms with Crippen LogP contribution in [-0.4, -0.2) is 41.3 Å². The predicted octanol–water partition coefficient (Wildman–Crippen LogP) is 3.32. The average molecular weight is 367 g/mol. The summed E-state index contributed by atoms with van der Waals surface area (Å²) in [5.41, 5.74) is 1.59. The molecule has 2 aliphatic rings. The van der Waals surface area contributed by atoms with Crippen LogP contribution in [-0.2, 0) is 6.42 Å². The van der Waals surface area contributed by atoms with Crippen molar-refractivity contribution >= 4 is 23.5 Å². The van der Waals surface area contributed by atoms with Gasteiger partial charge < -0.3 is 10.7 Å². The van der Waals surface area contributed by atoms with Gasteiger partial charge in [0, 0.05) is 17.2 Å². The molecule has 2 aromatic rings. The lowest BCUT2D eigenvalue weighted by molar-refractivity contribution is 0.0930. The first-order valence-electron chi connectivity index (χ1n) is 8.77. The summed E-state index contributed by atoms with van der Waals surface area (Å²) >= 11 is 1.51. The van der Waals surface area contributed by atoms with Gasteiger partial charge in [0.25, 0.3) is 5.91 Å². The standard InChI is InChI=1S/C19H21N5OS/c20-13-19(7-8-19)24-11-17(22-23-24)16(10-14-4-2-1-3-5-14)21-18(25)15-6-9-26-12-15/h1-6,9,12-13,16-17,20H,7-8,10-11H2,(H,21,25). The van der Waals surface area contributed by atoms with Gasteiger partial charge in [-0.05, 0) is 36.3 Å². The number of thiophene rings is 1. The number of carbonyl (C=O) groups excluding carboxylic acids is 1. The molecule has 26 heavy (non-hydrogen) atoms. The van der Waals surface area contributed by atoms with Crippen molar-refractivity contribution in [3.05, 3.63) is 58.3 Å². The van der Waals surface area contributed by atoms with Crippen molar-refractivity contribution in [2.24, 2.45) is 10.3 Å². The van der Waals surface area contributed by atoms with E-state index in [1.165, 1.54) is 17.6 Å². The fourth-order valence-corrected chi connectivity index (χ4v) is 3.90. The molecule has 0 bridgehead atoms. The highest BCUT2D eigenvalue weighted by Crippen LogP contribution is 2.42. The van der Waals surface area contributed by atoms with E-state index in [1.54, 1.807) is 0 Å². The van der Waals surface area contributed by atoms with Crippen LogP contribution in [0.4, 0.5) is 0 Å². The Bertz CT molecular complexity index is 801. The first-order chi connectivity index (χ1) is 12.7. The van der Waals surface area contributed by atoms with Crippen LogP contribution in [0.25, 0.3) is 0 Å². The van der Waals surface area contributed by atoms with E-state index < -0.39 is 0 Å². The Kier molecular flexibility index (Phi) is 4.55. The van der Waals surface area contributed by atoms with E-state index in [-0.39, 0.29) is 23.5 Å². The largest absolute Gasteiger partial charge is 0.347 e. The average Bonchev–Trinajstić information content (AvgIpc) is 3.08. The summed E-state index contributed by atoms with van der Waals surface area (Å²) in [4.78, 5) is 12.6. The molecule has 1 amide bonds. The first kappa shape index (κ1) is 16.9. The number of amides is 1. The highest BCUT2D eigenvalue weighted by Gasteiger charge is 2.49. The third-order valence-electron chi connectivity index (χ3n) is 5.08. The third kappa shape index (κ3) is 3.39. The molecule has 1 aliphatic carbocycles. The molecule has 1 aromatic carbocycles. The van der Waals surface area contributed by atoms with Gasteiger partial charge in [-0.1, -0.05) is 35.6 Å². The second-order valence-electron chi connectivity index (χ2n) is 6.88. The lowest BCUT2D eigenvalue weighted by Crippen LogP contribution is -2.47. The quantitative estimate of drug-likeness (QED) is 0.736. The predicted molar refractivity (Wildman–Crippen MR) is 102 cm³/mol. The molecule has 7 heteroatoms.